The van der Waals surface area contributed by atoms with Gasteiger partial charge in [-0.05, 0) is 18.2 Å². The summed E-state index contributed by atoms with van der Waals surface area (Å²) in [6, 6.07) is 6.92. The highest BCUT2D eigenvalue weighted by Gasteiger charge is 2.31. The molecule has 1 rings (SSSR count). The number of nitrogens with zero attached hydrogens (tertiary/aromatic N) is 4. The number of nitrogens with one attached hydrogen (secondary N) is 1. The number of hydrazone groups is 1. The molecule has 1 aromatic carbocycles. The van der Waals surface area contributed by atoms with Crippen LogP contribution in [0.25, 0.3) is 0 Å². The molecule has 0 heterocycles. The van der Waals surface area contributed by atoms with Crippen molar-refractivity contribution in [2.24, 2.45) is 5.10 Å². The number of rotatable bonds is 2. The molecule has 19 heavy (non-hydrogen) atoms. The lowest BCUT2D eigenvalue weighted by atomic mass is 10.1. The predicted octanol–water partition coefficient (Wildman–Crippen LogP) is 2.39. The first kappa shape index (κ1) is 14.0. The van der Waals surface area contributed by atoms with Gasteiger partial charge in [-0.3, -0.25) is 5.43 Å². The largest absolute Gasteiger partial charge is 0.416 e. The standard InChI is InChI=1S/C11H4F3N5/c12-11(13,14)8-2-1-7(4-15)10(3-8)19-18-9(5-16)6-17/h1-3,19H. The monoisotopic (exact) mass is 263 g/mol. The van der Waals surface area contributed by atoms with Crippen molar-refractivity contribution in [1.29, 1.82) is 15.8 Å². The minimum atomic E-state index is -4.57. The Morgan fingerprint density at radius 3 is 2.26 bits per heavy atom. The van der Waals surface area contributed by atoms with Crippen LogP contribution in [0.15, 0.2) is 23.3 Å². The van der Waals surface area contributed by atoms with Crippen molar-refractivity contribution in [3.05, 3.63) is 29.3 Å². The van der Waals surface area contributed by atoms with Gasteiger partial charge in [0, 0.05) is 0 Å². The fourth-order valence-electron chi connectivity index (χ4n) is 1.10. The number of nitriles is 3. The van der Waals surface area contributed by atoms with Crippen molar-refractivity contribution in [2.75, 3.05) is 5.43 Å². The number of alkyl halides is 3. The first-order chi connectivity index (χ1) is 8.92. The Hall–Kier alpha value is -3.05. The lowest BCUT2D eigenvalue weighted by Gasteiger charge is -2.09. The quantitative estimate of drug-likeness (QED) is 0.654. The Morgan fingerprint density at radius 2 is 1.79 bits per heavy atom. The third-order valence-electron chi connectivity index (χ3n) is 1.97. The molecule has 1 aromatic rings. The van der Waals surface area contributed by atoms with E-state index < -0.39 is 17.5 Å². The normalized spacial score (nSPS) is 9.68. The molecule has 5 nitrogen and oxygen atoms in total. The molecule has 0 amide bonds. The second-order valence-electron chi connectivity index (χ2n) is 3.17. The zero-order chi connectivity index (χ0) is 14.5. The van der Waals surface area contributed by atoms with Gasteiger partial charge in [-0.2, -0.15) is 34.1 Å². The molecule has 0 aliphatic rings. The summed E-state index contributed by atoms with van der Waals surface area (Å²) in [6.07, 6.45) is -4.57. The molecule has 0 unspecified atom stereocenters. The highest BCUT2D eigenvalue weighted by Crippen LogP contribution is 2.32. The molecule has 0 aliphatic heterocycles. The lowest BCUT2D eigenvalue weighted by Crippen LogP contribution is -2.06. The maximum absolute atomic E-state index is 12.5. The van der Waals surface area contributed by atoms with Gasteiger partial charge in [0.05, 0.1) is 16.8 Å². The van der Waals surface area contributed by atoms with Gasteiger partial charge in [-0.25, -0.2) is 0 Å². The number of anilines is 1. The summed E-state index contributed by atoms with van der Waals surface area (Å²) < 4.78 is 37.5. The average molecular weight is 263 g/mol. The first-order valence-corrected chi connectivity index (χ1v) is 4.67. The van der Waals surface area contributed by atoms with Crippen LogP contribution in [0.1, 0.15) is 11.1 Å². The molecule has 0 bridgehead atoms. The van der Waals surface area contributed by atoms with Gasteiger partial charge in [-0.1, -0.05) is 0 Å². The number of hydrogen-bond donors (Lipinski definition) is 1. The topological polar surface area (TPSA) is 95.8 Å². The van der Waals surface area contributed by atoms with Crippen LogP contribution in [0.5, 0.6) is 0 Å². The molecule has 0 spiro atoms. The van der Waals surface area contributed by atoms with E-state index in [4.69, 9.17) is 15.8 Å². The third-order valence-corrected chi connectivity index (χ3v) is 1.97. The molecule has 94 valence electrons. The Kier molecular flexibility index (Phi) is 4.07. The Bertz CT molecular complexity index is 624. The maximum atomic E-state index is 12.5. The smallest absolute Gasteiger partial charge is 0.275 e. The number of hydrogen-bond acceptors (Lipinski definition) is 5. The summed E-state index contributed by atoms with van der Waals surface area (Å²) in [7, 11) is 0. The molecule has 0 saturated heterocycles. The summed E-state index contributed by atoms with van der Waals surface area (Å²) >= 11 is 0. The van der Waals surface area contributed by atoms with Crippen molar-refractivity contribution in [3.8, 4) is 18.2 Å². The third kappa shape index (κ3) is 3.45. The van der Waals surface area contributed by atoms with E-state index in [2.05, 4.69) is 10.5 Å². The molecule has 0 radical (unpaired) electrons. The fraction of sp³-hybridized carbons (Fsp3) is 0.0909. The average Bonchev–Trinajstić information content (AvgIpc) is 2.38. The molecule has 0 aliphatic carbocycles. The van der Waals surface area contributed by atoms with E-state index in [-0.39, 0.29) is 11.3 Å². The Labute approximate surface area is 105 Å². The van der Waals surface area contributed by atoms with Crippen LogP contribution in [0.4, 0.5) is 18.9 Å². The van der Waals surface area contributed by atoms with Crippen molar-refractivity contribution in [3.63, 3.8) is 0 Å². The zero-order valence-corrected chi connectivity index (χ0v) is 9.15. The summed E-state index contributed by atoms with van der Waals surface area (Å²) in [4.78, 5) is 0. The van der Waals surface area contributed by atoms with Crippen LogP contribution in [0, 0.1) is 34.0 Å². The van der Waals surface area contributed by atoms with Gasteiger partial charge < -0.3 is 0 Å². The van der Waals surface area contributed by atoms with Crippen molar-refractivity contribution in [1.82, 2.24) is 0 Å². The molecule has 1 N–H and O–H groups in total. The van der Waals surface area contributed by atoms with E-state index >= 15 is 0 Å². The molecule has 8 heteroatoms. The molecule has 0 aromatic heterocycles. The van der Waals surface area contributed by atoms with Crippen LogP contribution in [0.2, 0.25) is 0 Å². The van der Waals surface area contributed by atoms with Gasteiger partial charge in [0.15, 0.2) is 0 Å². The zero-order valence-electron chi connectivity index (χ0n) is 9.15. The predicted molar refractivity (Wildman–Crippen MR) is 58.4 cm³/mol. The highest BCUT2D eigenvalue weighted by atomic mass is 19.4. The lowest BCUT2D eigenvalue weighted by molar-refractivity contribution is -0.137. The second kappa shape index (κ2) is 5.52. The van der Waals surface area contributed by atoms with Crippen LogP contribution in [-0.2, 0) is 6.18 Å². The molecule has 0 fully saturated rings. The summed E-state index contributed by atoms with van der Waals surface area (Å²) in [5.41, 5.74) is 0.232. The SMILES string of the molecule is N#CC(C#N)=NNc1cc(C(F)(F)F)ccc1C#N. The summed E-state index contributed by atoms with van der Waals surface area (Å²) in [5, 5.41) is 28.9. The van der Waals surface area contributed by atoms with Crippen LogP contribution >= 0.6 is 0 Å². The van der Waals surface area contributed by atoms with E-state index in [0.29, 0.717) is 6.07 Å². The van der Waals surface area contributed by atoms with E-state index in [0.717, 1.165) is 12.1 Å². The van der Waals surface area contributed by atoms with Crippen LogP contribution < -0.4 is 5.43 Å². The Morgan fingerprint density at radius 1 is 1.16 bits per heavy atom. The molecule has 0 atom stereocenters. The summed E-state index contributed by atoms with van der Waals surface area (Å²) in [5.74, 6) is 0. The molecular weight excluding hydrogens is 259 g/mol. The maximum Gasteiger partial charge on any atom is 0.416 e. The fourth-order valence-corrected chi connectivity index (χ4v) is 1.10. The van der Waals surface area contributed by atoms with Gasteiger partial charge in [0.2, 0.25) is 5.71 Å². The van der Waals surface area contributed by atoms with Gasteiger partial charge >= 0.3 is 6.18 Å². The van der Waals surface area contributed by atoms with Crippen molar-refractivity contribution >= 4 is 11.4 Å². The summed E-state index contributed by atoms with van der Waals surface area (Å²) in [6.45, 7) is 0. The van der Waals surface area contributed by atoms with E-state index in [1.807, 2.05) is 0 Å². The second-order valence-corrected chi connectivity index (χ2v) is 3.17. The van der Waals surface area contributed by atoms with Gasteiger partial charge in [0.1, 0.15) is 18.2 Å². The van der Waals surface area contributed by atoms with Gasteiger partial charge in [0.25, 0.3) is 0 Å². The molecular formula is C11H4F3N5. The minimum absolute atomic E-state index is 0.0908. The van der Waals surface area contributed by atoms with Crippen molar-refractivity contribution in [2.45, 2.75) is 6.18 Å². The van der Waals surface area contributed by atoms with Crippen molar-refractivity contribution < 1.29 is 13.2 Å². The molecule has 0 saturated carbocycles. The van der Waals surface area contributed by atoms with Crippen LogP contribution in [0.3, 0.4) is 0 Å². The van der Waals surface area contributed by atoms with E-state index in [1.54, 1.807) is 6.07 Å². The minimum Gasteiger partial charge on any atom is -0.275 e. The van der Waals surface area contributed by atoms with Gasteiger partial charge in [-0.15, -0.1) is 0 Å². The first-order valence-electron chi connectivity index (χ1n) is 4.67. The van der Waals surface area contributed by atoms with Crippen LogP contribution in [-0.4, -0.2) is 5.71 Å². The highest BCUT2D eigenvalue weighted by molar-refractivity contribution is 6.10. The van der Waals surface area contributed by atoms with E-state index in [1.165, 1.54) is 12.1 Å². The Balaban J connectivity index is 3.20. The van der Waals surface area contributed by atoms with E-state index in [9.17, 15) is 13.2 Å². The number of benzene rings is 1. The number of halogens is 3.